The van der Waals surface area contributed by atoms with Crippen LogP contribution in [0.25, 0.3) is 0 Å². The Bertz CT molecular complexity index is 1260. The first-order valence-corrected chi connectivity index (χ1v) is 10.6. The molecule has 5 nitrogen and oxygen atoms in total. The first-order chi connectivity index (χ1) is 16.0. The molecular weight excluding hydrogens is 450 g/mol. The Kier molecular flexibility index (Phi) is 5.97. The van der Waals surface area contributed by atoms with E-state index in [2.05, 4.69) is 4.98 Å². The average molecular weight is 473 g/mol. The van der Waals surface area contributed by atoms with E-state index in [9.17, 15) is 22.4 Å². The van der Waals surface area contributed by atoms with Crippen LogP contribution in [-0.4, -0.2) is 24.7 Å². The molecule has 1 aromatic heterocycles. The van der Waals surface area contributed by atoms with E-state index in [1.165, 1.54) is 30.2 Å². The van der Waals surface area contributed by atoms with Crippen molar-refractivity contribution in [2.45, 2.75) is 32.9 Å². The van der Waals surface area contributed by atoms with Gasteiger partial charge in [0.05, 0.1) is 35.3 Å². The number of hydrogen-bond donors (Lipinski definition) is 0. The Balaban J connectivity index is 1.93. The third-order valence-electron chi connectivity index (χ3n) is 5.81. The van der Waals surface area contributed by atoms with Gasteiger partial charge >= 0.3 is 6.18 Å². The van der Waals surface area contributed by atoms with Crippen molar-refractivity contribution in [3.05, 3.63) is 76.7 Å². The lowest BCUT2D eigenvalue weighted by atomic mass is 9.97. The van der Waals surface area contributed by atoms with Crippen LogP contribution in [0.15, 0.2) is 48.5 Å². The molecule has 3 aromatic rings. The zero-order chi connectivity index (χ0) is 24.8. The number of carbonyl (C=O) groups excluding carboxylic acids is 1. The van der Waals surface area contributed by atoms with Gasteiger partial charge in [-0.3, -0.25) is 9.69 Å². The van der Waals surface area contributed by atoms with Gasteiger partial charge in [0.1, 0.15) is 12.5 Å². The van der Waals surface area contributed by atoms with Crippen LogP contribution in [0.5, 0.6) is 5.88 Å². The summed E-state index contributed by atoms with van der Waals surface area (Å²) in [5.74, 6) is -0.720. The molecule has 0 aliphatic carbocycles. The number of anilines is 3. The summed E-state index contributed by atoms with van der Waals surface area (Å²) in [5.41, 5.74) is 1.49. The van der Waals surface area contributed by atoms with Gasteiger partial charge in [0.25, 0.3) is 5.91 Å². The molecule has 0 atom stereocenters. The highest BCUT2D eigenvalue weighted by molar-refractivity contribution is 6.13. The predicted octanol–water partition coefficient (Wildman–Crippen LogP) is 6.44. The summed E-state index contributed by atoms with van der Waals surface area (Å²) < 4.78 is 59.6. The van der Waals surface area contributed by atoms with E-state index in [1.807, 2.05) is 13.8 Å². The topological polar surface area (TPSA) is 45.7 Å². The fraction of sp³-hybridized carbons (Fsp3) is 0.280. The molecule has 34 heavy (non-hydrogen) atoms. The van der Waals surface area contributed by atoms with Crippen LogP contribution in [0.1, 0.15) is 46.9 Å². The molecule has 0 unspecified atom stereocenters. The van der Waals surface area contributed by atoms with E-state index < -0.39 is 23.5 Å². The summed E-state index contributed by atoms with van der Waals surface area (Å²) in [5, 5.41) is 0. The van der Waals surface area contributed by atoms with Crippen LogP contribution in [-0.2, 0) is 6.18 Å². The van der Waals surface area contributed by atoms with Crippen molar-refractivity contribution in [1.82, 2.24) is 4.98 Å². The number of alkyl halides is 3. The zero-order valence-electron chi connectivity index (χ0n) is 19.1. The second kappa shape index (κ2) is 8.62. The van der Waals surface area contributed by atoms with Crippen LogP contribution < -0.4 is 14.5 Å². The number of fused-ring (bicyclic) bond motifs is 1. The summed E-state index contributed by atoms with van der Waals surface area (Å²) in [4.78, 5) is 20.9. The number of hydrogen-bond acceptors (Lipinski definition) is 4. The molecule has 2 heterocycles. The molecule has 0 spiro atoms. The average Bonchev–Trinajstić information content (AvgIpc) is 2.79. The van der Waals surface area contributed by atoms with Crippen molar-refractivity contribution < 1.29 is 27.1 Å². The minimum atomic E-state index is -4.61. The van der Waals surface area contributed by atoms with Crippen LogP contribution >= 0.6 is 0 Å². The fourth-order valence-corrected chi connectivity index (χ4v) is 4.10. The van der Waals surface area contributed by atoms with E-state index >= 15 is 0 Å². The summed E-state index contributed by atoms with van der Waals surface area (Å²) in [7, 11) is 1.46. The molecule has 0 N–H and O–H groups in total. The SMILES string of the molecule is COc1ccc(N2CN(c3ccc(F)cc3C(C)C)c3ccc(C(F)(F)F)cc3C2=O)c(C)n1. The van der Waals surface area contributed by atoms with Gasteiger partial charge in [-0.25, -0.2) is 9.37 Å². The molecule has 1 amide bonds. The molecule has 0 saturated heterocycles. The zero-order valence-corrected chi connectivity index (χ0v) is 19.1. The van der Waals surface area contributed by atoms with Gasteiger partial charge in [0.2, 0.25) is 5.88 Å². The highest BCUT2D eigenvalue weighted by atomic mass is 19.4. The standard InChI is InChI=1S/C25H23F4N3O2/c1-14(2)18-12-17(26)6-8-21(18)31-13-32(20-9-10-23(34-4)30-15(20)3)24(33)19-11-16(25(27,28)29)5-7-22(19)31/h5-12,14H,13H2,1-4H3. The lowest BCUT2D eigenvalue weighted by molar-refractivity contribution is -0.137. The number of benzene rings is 2. The molecule has 2 aromatic carbocycles. The predicted molar refractivity (Wildman–Crippen MR) is 121 cm³/mol. The molecule has 4 rings (SSSR count). The van der Waals surface area contributed by atoms with E-state index in [0.29, 0.717) is 34.2 Å². The monoisotopic (exact) mass is 473 g/mol. The van der Waals surface area contributed by atoms with Crippen LogP contribution in [0, 0.1) is 12.7 Å². The Morgan fingerprint density at radius 3 is 2.26 bits per heavy atom. The van der Waals surface area contributed by atoms with Crippen molar-refractivity contribution in [2.75, 3.05) is 23.6 Å². The van der Waals surface area contributed by atoms with Gasteiger partial charge < -0.3 is 9.64 Å². The maximum atomic E-state index is 14.1. The largest absolute Gasteiger partial charge is 0.481 e. The number of carbonyl (C=O) groups is 1. The molecule has 178 valence electrons. The number of amides is 1. The lowest BCUT2D eigenvalue weighted by Crippen LogP contribution is -2.45. The van der Waals surface area contributed by atoms with E-state index in [-0.39, 0.29) is 18.2 Å². The number of halogens is 4. The molecule has 0 bridgehead atoms. The third kappa shape index (κ3) is 4.18. The Morgan fingerprint density at radius 2 is 1.65 bits per heavy atom. The van der Waals surface area contributed by atoms with Gasteiger partial charge in [-0.1, -0.05) is 13.8 Å². The highest BCUT2D eigenvalue weighted by Crippen LogP contribution is 2.42. The lowest BCUT2D eigenvalue weighted by Gasteiger charge is -2.39. The van der Waals surface area contributed by atoms with Gasteiger partial charge in [-0.05, 0) is 60.9 Å². The van der Waals surface area contributed by atoms with E-state index in [0.717, 1.165) is 12.1 Å². The number of pyridine rings is 1. The second-order valence-corrected chi connectivity index (χ2v) is 8.35. The summed E-state index contributed by atoms with van der Waals surface area (Å²) in [6, 6.07) is 10.6. The number of rotatable bonds is 4. The maximum Gasteiger partial charge on any atom is 0.416 e. The molecule has 1 aliphatic rings. The second-order valence-electron chi connectivity index (χ2n) is 8.35. The number of aryl methyl sites for hydroxylation is 1. The molecular formula is C25H23F4N3O2. The summed E-state index contributed by atoms with van der Waals surface area (Å²) in [6.07, 6.45) is -4.61. The van der Waals surface area contributed by atoms with Crippen molar-refractivity contribution in [3.63, 3.8) is 0 Å². The minimum Gasteiger partial charge on any atom is -0.481 e. The van der Waals surface area contributed by atoms with Gasteiger partial charge in [-0.15, -0.1) is 0 Å². The summed E-state index contributed by atoms with van der Waals surface area (Å²) >= 11 is 0. The number of nitrogens with zero attached hydrogens (tertiary/aromatic N) is 3. The smallest absolute Gasteiger partial charge is 0.416 e. The van der Waals surface area contributed by atoms with Crippen molar-refractivity contribution in [3.8, 4) is 5.88 Å². The number of aromatic nitrogens is 1. The van der Waals surface area contributed by atoms with Crippen molar-refractivity contribution in [1.29, 1.82) is 0 Å². The highest BCUT2D eigenvalue weighted by Gasteiger charge is 2.37. The Morgan fingerprint density at radius 1 is 0.971 bits per heavy atom. The van der Waals surface area contributed by atoms with Gasteiger partial charge in [0, 0.05) is 11.8 Å². The first-order valence-electron chi connectivity index (χ1n) is 10.6. The quantitative estimate of drug-likeness (QED) is 0.410. The van der Waals surface area contributed by atoms with E-state index in [4.69, 9.17) is 4.74 Å². The normalized spacial score (nSPS) is 14.0. The number of methoxy groups -OCH3 is 1. The number of ether oxygens (including phenoxy) is 1. The van der Waals surface area contributed by atoms with Crippen molar-refractivity contribution >= 4 is 23.0 Å². The van der Waals surface area contributed by atoms with Gasteiger partial charge in [-0.2, -0.15) is 13.2 Å². The Hall–Kier alpha value is -3.62. The minimum absolute atomic E-state index is 0.0113. The molecule has 9 heteroatoms. The van der Waals surface area contributed by atoms with Crippen LogP contribution in [0.3, 0.4) is 0 Å². The fourth-order valence-electron chi connectivity index (χ4n) is 4.10. The molecule has 0 radical (unpaired) electrons. The molecule has 0 saturated carbocycles. The third-order valence-corrected chi connectivity index (χ3v) is 5.81. The van der Waals surface area contributed by atoms with Crippen LogP contribution in [0.2, 0.25) is 0 Å². The summed E-state index contributed by atoms with van der Waals surface area (Å²) in [6.45, 7) is 5.50. The Labute approximate surface area is 194 Å². The van der Waals surface area contributed by atoms with Gasteiger partial charge in [0.15, 0.2) is 0 Å². The molecule has 0 fully saturated rings. The van der Waals surface area contributed by atoms with E-state index in [1.54, 1.807) is 30.0 Å². The molecule has 1 aliphatic heterocycles. The van der Waals surface area contributed by atoms with Crippen molar-refractivity contribution in [2.24, 2.45) is 0 Å². The van der Waals surface area contributed by atoms with Crippen LogP contribution in [0.4, 0.5) is 34.6 Å². The first kappa shape index (κ1) is 23.5. The maximum absolute atomic E-state index is 14.1.